The zero-order valence-electron chi connectivity index (χ0n) is 11.9. The number of likely N-dealkylation sites (tertiary alicyclic amines) is 1. The minimum atomic E-state index is 0.820. The van der Waals surface area contributed by atoms with Crippen LogP contribution in [0.1, 0.15) is 31.2 Å². The minimum absolute atomic E-state index is 0.820. The Kier molecular flexibility index (Phi) is 3.65. The molecule has 3 rings (SSSR count). The molecule has 2 heterocycles. The molecule has 0 saturated carbocycles. The van der Waals surface area contributed by atoms with Crippen molar-refractivity contribution in [2.45, 2.75) is 38.6 Å². The Morgan fingerprint density at radius 1 is 1.00 bits per heavy atom. The first-order valence-electron chi connectivity index (χ1n) is 7.58. The SMILES string of the molecule is Cc1cc(N)cc(N2CCC(N3CCCC3)CC2)c1. The number of nitrogens with two attached hydrogens (primary N) is 1. The molecule has 0 spiro atoms. The summed E-state index contributed by atoms with van der Waals surface area (Å²) in [5.74, 6) is 0. The number of hydrogen-bond donors (Lipinski definition) is 1. The van der Waals surface area contributed by atoms with Gasteiger partial charge in [0.25, 0.3) is 0 Å². The lowest BCUT2D eigenvalue weighted by Gasteiger charge is -2.38. The molecule has 2 N–H and O–H groups in total. The van der Waals surface area contributed by atoms with Gasteiger partial charge in [-0.05, 0) is 69.5 Å². The summed E-state index contributed by atoms with van der Waals surface area (Å²) in [5.41, 5.74) is 9.41. The van der Waals surface area contributed by atoms with E-state index in [-0.39, 0.29) is 0 Å². The highest BCUT2D eigenvalue weighted by Crippen LogP contribution is 2.26. The van der Waals surface area contributed by atoms with Crippen molar-refractivity contribution in [3.05, 3.63) is 23.8 Å². The third kappa shape index (κ3) is 2.86. The average Bonchev–Trinajstić information content (AvgIpc) is 2.91. The molecule has 104 valence electrons. The molecule has 0 atom stereocenters. The molecule has 2 aliphatic heterocycles. The first kappa shape index (κ1) is 12.8. The van der Waals surface area contributed by atoms with Gasteiger partial charge in [0.15, 0.2) is 0 Å². The van der Waals surface area contributed by atoms with Crippen LogP contribution in [-0.4, -0.2) is 37.1 Å². The van der Waals surface area contributed by atoms with Crippen molar-refractivity contribution in [2.75, 3.05) is 36.8 Å². The van der Waals surface area contributed by atoms with Crippen molar-refractivity contribution in [3.8, 4) is 0 Å². The van der Waals surface area contributed by atoms with Gasteiger partial charge in [-0.1, -0.05) is 0 Å². The second-order valence-electron chi connectivity index (χ2n) is 6.06. The highest BCUT2D eigenvalue weighted by atomic mass is 15.2. The molecule has 0 amide bonds. The van der Waals surface area contributed by atoms with Crippen molar-refractivity contribution in [2.24, 2.45) is 0 Å². The Morgan fingerprint density at radius 3 is 2.32 bits per heavy atom. The van der Waals surface area contributed by atoms with Crippen LogP contribution in [0.15, 0.2) is 18.2 Å². The van der Waals surface area contributed by atoms with E-state index < -0.39 is 0 Å². The van der Waals surface area contributed by atoms with Crippen LogP contribution < -0.4 is 10.6 Å². The van der Waals surface area contributed by atoms with Crippen LogP contribution in [0.25, 0.3) is 0 Å². The number of hydrogen-bond acceptors (Lipinski definition) is 3. The Balaban J connectivity index is 1.63. The highest BCUT2D eigenvalue weighted by Gasteiger charge is 2.26. The summed E-state index contributed by atoms with van der Waals surface area (Å²) in [7, 11) is 0. The molecule has 0 bridgehead atoms. The predicted molar refractivity (Wildman–Crippen MR) is 81.6 cm³/mol. The largest absolute Gasteiger partial charge is 0.399 e. The number of rotatable bonds is 2. The first-order chi connectivity index (χ1) is 9.22. The molecular weight excluding hydrogens is 234 g/mol. The fraction of sp³-hybridized carbons (Fsp3) is 0.625. The third-order valence-electron chi connectivity index (χ3n) is 4.57. The van der Waals surface area contributed by atoms with Crippen LogP contribution in [0.3, 0.4) is 0 Å². The maximum atomic E-state index is 5.96. The molecule has 2 fully saturated rings. The molecule has 0 aliphatic carbocycles. The molecule has 0 aromatic heterocycles. The molecule has 1 aromatic carbocycles. The lowest BCUT2D eigenvalue weighted by atomic mass is 10.0. The molecule has 0 radical (unpaired) electrons. The minimum Gasteiger partial charge on any atom is -0.399 e. The van der Waals surface area contributed by atoms with Crippen LogP contribution in [0.4, 0.5) is 11.4 Å². The van der Waals surface area contributed by atoms with Gasteiger partial charge in [0.1, 0.15) is 0 Å². The van der Waals surface area contributed by atoms with Crippen LogP contribution in [0.2, 0.25) is 0 Å². The van der Waals surface area contributed by atoms with Gasteiger partial charge < -0.3 is 15.5 Å². The number of nitrogen functional groups attached to an aromatic ring is 1. The standard InChI is InChI=1S/C16H25N3/c1-13-10-14(17)12-16(11-13)19-8-4-15(5-9-19)18-6-2-3-7-18/h10-12,15H,2-9,17H2,1H3. The molecule has 0 unspecified atom stereocenters. The molecular formula is C16H25N3. The fourth-order valence-electron chi connectivity index (χ4n) is 3.57. The summed E-state index contributed by atoms with van der Waals surface area (Å²) in [6.07, 6.45) is 5.39. The van der Waals surface area contributed by atoms with Crippen LogP contribution in [-0.2, 0) is 0 Å². The normalized spacial score (nSPS) is 22.1. The van der Waals surface area contributed by atoms with E-state index in [1.54, 1.807) is 0 Å². The van der Waals surface area contributed by atoms with E-state index in [4.69, 9.17) is 5.73 Å². The van der Waals surface area contributed by atoms with E-state index in [0.717, 1.165) is 11.7 Å². The monoisotopic (exact) mass is 259 g/mol. The maximum absolute atomic E-state index is 5.96. The van der Waals surface area contributed by atoms with E-state index in [0.29, 0.717) is 0 Å². The summed E-state index contributed by atoms with van der Waals surface area (Å²) in [5, 5.41) is 0. The summed E-state index contributed by atoms with van der Waals surface area (Å²) < 4.78 is 0. The molecule has 1 aromatic rings. The van der Waals surface area contributed by atoms with E-state index >= 15 is 0 Å². The summed E-state index contributed by atoms with van der Waals surface area (Å²) >= 11 is 0. The summed E-state index contributed by atoms with van der Waals surface area (Å²) in [6.45, 7) is 7.11. The molecule has 19 heavy (non-hydrogen) atoms. The first-order valence-corrected chi connectivity index (χ1v) is 7.58. The van der Waals surface area contributed by atoms with Gasteiger partial charge in [-0.15, -0.1) is 0 Å². The van der Waals surface area contributed by atoms with E-state index in [1.807, 2.05) is 6.07 Å². The topological polar surface area (TPSA) is 32.5 Å². The maximum Gasteiger partial charge on any atom is 0.0389 e. The van der Waals surface area contributed by atoms with Crippen LogP contribution in [0, 0.1) is 6.92 Å². The van der Waals surface area contributed by atoms with Gasteiger partial charge in [0.05, 0.1) is 0 Å². The fourth-order valence-corrected chi connectivity index (χ4v) is 3.57. The molecule has 3 nitrogen and oxygen atoms in total. The second-order valence-corrected chi connectivity index (χ2v) is 6.06. The molecule has 2 aliphatic rings. The summed E-state index contributed by atoms with van der Waals surface area (Å²) in [6, 6.07) is 7.23. The van der Waals surface area contributed by atoms with Crippen LogP contribution >= 0.6 is 0 Å². The Hall–Kier alpha value is -1.22. The van der Waals surface area contributed by atoms with Crippen molar-refractivity contribution in [1.29, 1.82) is 0 Å². The number of nitrogens with zero attached hydrogens (tertiary/aromatic N) is 2. The molecule has 2 saturated heterocycles. The van der Waals surface area contributed by atoms with Gasteiger partial charge >= 0.3 is 0 Å². The smallest absolute Gasteiger partial charge is 0.0389 e. The van der Waals surface area contributed by atoms with Gasteiger partial charge in [-0.25, -0.2) is 0 Å². The molecule has 3 heteroatoms. The van der Waals surface area contributed by atoms with Crippen molar-refractivity contribution in [1.82, 2.24) is 4.90 Å². The average molecular weight is 259 g/mol. The van der Waals surface area contributed by atoms with Gasteiger partial charge in [-0.2, -0.15) is 0 Å². The van der Waals surface area contributed by atoms with E-state index in [9.17, 15) is 0 Å². The number of benzene rings is 1. The third-order valence-corrected chi connectivity index (χ3v) is 4.57. The lowest BCUT2D eigenvalue weighted by Crippen LogP contribution is -2.43. The van der Waals surface area contributed by atoms with Gasteiger partial charge in [0, 0.05) is 30.5 Å². The lowest BCUT2D eigenvalue weighted by molar-refractivity contribution is 0.208. The predicted octanol–water partition coefficient (Wildman–Crippen LogP) is 2.64. The Bertz CT molecular complexity index is 409. The van der Waals surface area contributed by atoms with Crippen LogP contribution in [0.5, 0.6) is 0 Å². The van der Waals surface area contributed by atoms with Crippen molar-refractivity contribution < 1.29 is 0 Å². The zero-order valence-corrected chi connectivity index (χ0v) is 11.9. The van der Waals surface area contributed by atoms with Crippen molar-refractivity contribution >= 4 is 11.4 Å². The zero-order chi connectivity index (χ0) is 13.2. The highest BCUT2D eigenvalue weighted by molar-refractivity contribution is 5.58. The van der Waals surface area contributed by atoms with Gasteiger partial charge in [-0.3, -0.25) is 0 Å². The number of aryl methyl sites for hydroxylation is 1. The Labute approximate surface area is 116 Å². The second kappa shape index (κ2) is 5.41. The van der Waals surface area contributed by atoms with E-state index in [2.05, 4.69) is 28.9 Å². The van der Waals surface area contributed by atoms with E-state index in [1.165, 1.54) is 63.1 Å². The van der Waals surface area contributed by atoms with Gasteiger partial charge in [0.2, 0.25) is 0 Å². The quantitative estimate of drug-likeness (QED) is 0.829. The number of piperidine rings is 1. The number of anilines is 2. The Morgan fingerprint density at radius 2 is 1.68 bits per heavy atom. The van der Waals surface area contributed by atoms with Crippen molar-refractivity contribution in [3.63, 3.8) is 0 Å². The summed E-state index contributed by atoms with van der Waals surface area (Å²) in [4.78, 5) is 5.19.